The van der Waals surface area contributed by atoms with Crippen LogP contribution in [-0.4, -0.2) is 44.4 Å². The first kappa shape index (κ1) is 24.6. The van der Waals surface area contributed by atoms with Crippen LogP contribution >= 0.6 is 0 Å². The second-order valence-electron chi connectivity index (χ2n) is 8.35. The van der Waals surface area contributed by atoms with E-state index in [0.717, 1.165) is 23.8 Å². The largest absolute Gasteiger partial charge is 0.417 e. The zero-order valence-corrected chi connectivity index (χ0v) is 19.2. The highest BCUT2D eigenvalue weighted by molar-refractivity contribution is 7.91. The summed E-state index contributed by atoms with van der Waals surface area (Å²) in [5.74, 6) is -2.04. The standard InChI is InChI=1S/C24H23F5N2O2S/c1-3-34(32,33)15-10-8-14(9-11-15)12-20-30-19-13-18(25)21(22(26)23(19)31(20)2)16-6-4-5-7-17(16)24(27,28)29/h4-11,13,19-20,23,30H,3,12H2,1-2H3. The lowest BCUT2D eigenvalue weighted by Gasteiger charge is -2.28. The highest BCUT2D eigenvalue weighted by atomic mass is 32.2. The molecule has 0 spiro atoms. The van der Waals surface area contributed by atoms with Gasteiger partial charge in [0.1, 0.15) is 11.7 Å². The van der Waals surface area contributed by atoms with Gasteiger partial charge in [-0.1, -0.05) is 37.3 Å². The third-order valence-corrected chi connectivity index (χ3v) is 8.06. The van der Waals surface area contributed by atoms with Gasteiger partial charge in [0.25, 0.3) is 0 Å². The smallest absolute Gasteiger partial charge is 0.293 e. The van der Waals surface area contributed by atoms with Gasteiger partial charge in [-0.3, -0.25) is 10.2 Å². The number of nitrogens with zero attached hydrogens (tertiary/aromatic N) is 1. The van der Waals surface area contributed by atoms with Crippen LogP contribution in [0.4, 0.5) is 22.0 Å². The van der Waals surface area contributed by atoms with E-state index in [0.29, 0.717) is 6.42 Å². The normalized spacial score (nSPS) is 23.7. The number of hydrogen-bond acceptors (Lipinski definition) is 4. The van der Waals surface area contributed by atoms with Gasteiger partial charge in [0.05, 0.1) is 40.0 Å². The van der Waals surface area contributed by atoms with Gasteiger partial charge >= 0.3 is 6.18 Å². The van der Waals surface area contributed by atoms with Crippen LogP contribution in [0.2, 0.25) is 0 Å². The van der Waals surface area contributed by atoms with Gasteiger partial charge in [0.15, 0.2) is 9.84 Å². The summed E-state index contributed by atoms with van der Waals surface area (Å²) >= 11 is 0. The Morgan fingerprint density at radius 2 is 1.68 bits per heavy atom. The molecule has 2 aromatic rings. The molecule has 4 rings (SSSR count). The van der Waals surface area contributed by atoms with Crippen LogP contribution in [0.3, 0.4) is 0 Å². The van der Waals surface area contributed by atoms with Gasteiger partial charge in [-0.2, -0.15) is 13.2 Å². The van der Waals surface area contributed by atoms with Crippen molar-refractivity contribution >= 4 is 15.4 Å². The highest BCUT2D eigenvalue weighted by Crippen LogP contribution is 2.43. The Kier molecular flexibility index (Phi) is 6.43. The molecule has 182 valence electrons. The van der Waals surface area contributed by atoms with Crippen molar-refractivity contribution in [3.05, 3.63) is 83.0 Å². The van der Waals surface area contributed by atoms with Crippen molar-refractivity contribution in [3.8, 4) is 0 Å². The molecule has 1 aliphatic heterocycles. The molecule has 0 aromatic heterocycles. The third-order valence-electron chi connectivity index (χ3n) is 6.31. The maximum absolute atomic E-state index is 15.6. The van der Waals surface area contributed by atoms with Gasteiger partial charge in [0.2, 0.25) is 0 Å². The van der Waals surface area contributed by atoms with Crippen LogP contribution in [0.15, 0.2) is 71.2 Å². The maximum atomic E-state index is 15.6. The molecule has 2 aromatic carbocycles. The minimum atomic E-state index is -4.76. The number of nitrogens with one attached hydrogen (secondary N) is 1. The van der Waals surface area contributed by atoms with E-state index in [-0.39, 0.29) is 10.6 Å². The average Bonchev–Trinajstić information content (AvgIpc) is 3.08. The Balaban J connectivity index is 1.63. The van der Waals surface area contributed by atoms with E-state index in [2.05, 4.69) is 5.32 Å². The highest BCUT2D eigenvalue weighted by Gasteiger charge is 2.45. The SMILES string of the molecule is CCS(=O)(=O)c1ccc(CC2NC3C=C(F)C(c4ccccc4C(F)(F)F)=C(F)C3N2C)cc1. The molecule has 1 fully saturated rings. The number of hydrogen-bond donors (Lipinski definition) is 1. The summed E-state index contributed by atoms with van der Waals surface area (Å²) in [6, 6.07) is 8.93. The number of benzene rings is 2. The Morgan fingerprint density at radius 3 is 2.29 bits per heavy atom. The molecule has 0 saturated carbocycles. The van der Waals surface area contributed by atoms with Crippen molar-refractivity contribution in [2.24, 2.45) is 0 Å². The first-order chi connectivity index (χ1) is 15.9. The summed E-state index contributed by atoms with van der Waals surface area (Å²) in [7, 11) is -1.73. The molecule has 4 nitrogen and oxygen atoms in total. The number of alkyl halides is 3. The fraction of sp³-hybridized carbons (Fsp3) is 0.333. The van der Waals surface area contributed by atoms with Crippen molar-refractivity contribution in [2.45, 2.75) is 42.7 Å². The zero-order chi connectivity index (χ0) is 24.8. The van der Waals surface area contributed by atoms with Crippen LogP contribution in [0.1, 0.15) is 23.6 Å². The molecular weight excluding hydrogens is 475 g/mol. The second kappa shape index (κ2) is 8.90. The van der Waals surface area contributed by atoms with Crippen LogP contribution in [0.5, 0.6) is 0 Å². The Bertz CT molecular complexity index is 1250. The molecule has 2 aliphatic rings. The fourth-order valence-corrected chi connectivity index (χ4v) is 5.37. The van der Waals surface area contributed by atoms with E-state index in [9.17, 15) is 26.0 Å². The molecule has 1 aliphatic carbocycles. The van der Waals surface area contributed by atoms with Crippen LogP contribution in [0, 0.1) is 0 Å². The number of rotatable bonds is 5. The topological polar surface area (TPSA) is 49.4 Å². The number of fused-ring (bicyclic) bond motifs is 1. The molecule has 1 saturated heterocycles. The minimum absolute atomic E-state index is 0.0219. The lowest BCUT2D eigenvalue weighted by atomic mass is 9.89. The predicted octanol–water partition coefficient (Wildman–Crippen LogP) is 4.89. The van der Waals surface area contributed by atoms with E-state index in [1.807, 2.05) is 0 Å². The van der Waals surface area contributed by atoms with E-state index < -0.39 is 62.6 Å². The van der Waals surface area contributed by atoms with Crippen molar-refractivity contribution in [1.82, 2.24) is 10.2 Å². The molecular formula is C24H23F5N2O2S. The minimum Gasteiger partial charge on any atom is -0.293 e. The van der Waals surface area contributed by atoms with Gasteiger partial charge < -0.3 is 0 Å². The summed E-state index contributed by atoms with van der Waals surface area (Å²) in [5, 5.41) is 3.12. The fourth-order valence-electron chi connectivity index (χ4n) is 4.49. The van der Waals surface area contributed by atoms with Gasteiger partial charge in [0, 0.05) is 6.42 Å². The third kappa shape index (κ3) is 4.42. The van der Waals surface area contributed by atoms with E-state index >= 15 is 4.39 Å². The lowest BCUT2D eigenvalue weighted by molar-refractivity contribution is -0.137. The Morgan fingerprint density at radius 1 is 1.03 bits per heavy atom. The number of halogens is 5. The lowest BCUT2D eigenvalue weighted by Crippen LogP contribution is -2.38. The summed E-state index contributed by atoms with van der Waals surface area (Å²) < 4.78 is 95.0. The summed E-state index contributed by atoms with van der Waals surface area (Å²) in [6.45, 7) is 1.55. The average molecular weight is 499 g/mol. The van der Waals surface area contributed by atoms with Crippen molar-refractivity contribution in [2.75, 3.05) is 12.8 Å². The van der Waals surface area contributed by atoms with E-state index in [1.54, 1.807) is 31.0 Å². The van der Waals surface area contributed by atoms with Crippen molar-refractivity contribution in [1.29, 1.82) is 0 Å². The summed E-state index contributed by atoms with van der Waals surface area (Å²) in [6.07, 6.45) is -3.74. The number of sulfone groups is 1. The van der Waals surface area contributed by atoms with Gasteiger partial charge in [-0.05, 0) is 42.4 Å². The summed E-state index contributed by atoms with van der Waals surface area (Å²) in [4.78, 5) is 1.82. The molecule has 0 bridgehead atoms. The monoisotopic (exact) mass is 498 g/mol. The molecule has 1 heterocycles. The van der Waals surface area contributed by atoms with Crippen LogP contribution in [0.25, 0.3) is 5.57 Å². The first-order valence-electron chi connectivity index (χ1n) is 10.7. The molecule has 0 amide bonds. The second-order valence-corrected chi connectivity index (χ2v) is 10.6. The van der Waals surface area contributed by atoms with Crippen LogP contribution in [-0.2, 0) is 22.4 Å². The number of allylic oxidation sites excluding steroid dienone is 2. The Labute approximate surface area is 194 Å². The van der Waals surface area contributed by atoms with Crippen molar-refractivity contribution in [3.63, 3.8) is 0 Å². The molecule has 1 N–H and O–H groups in total. The van der Waals surface area contributed by atoms with Gasteiger partial charge in [-0.25, -0.2) is 17.2 Å². The molecule has 34 heavy (non-hydrogen) atoms. The zero-order valence-electron chi connectivity index (χ0n) is 18.4. The predicted molar refractivity (Wildman–Crippen MR) is 119 cm³/mol. The van der Waals surface area contributed by atoms with Crippen molar-refractivity contribution < 1.29 is 30.4 Å². The Hall–Kier alpha value is -2.56. The molecule has 0 radical (unpaired) electrons. The van der Waals surface area contributed by atoms with Gasteiger partial charge in [-0.15, -0.1) is 0 Å². The molecule has 3 atom stereocenters. The quantitative estimate of drug-likeness (QED) is 0.597. The molecule has 10 heteroatoms. The van der Waals surface area contributed by atoms with E-state index in [1.165, 1.54) is 24.3 Å². The number of likely N-dealkylation sites (N-methyl/N-ethyl adjacent to an activating group) is 1. The summed E-state index contributed by atoms with van der Waals surface area (Å²) in [5.41, 5.74) is -1.55. The maximum Gasteiger partial charge on any atom is 0.417 e. The molecule has 3 unspecified atom stereocenters. The van der Waals surface area contributed by atoms with E-state index in [4.69, 9.17) is 0 Å². The van der Waals surface area contributed by atoms with Crippen LogP contribution < -0.4 is 5.32 Å². The first-order valence-corrected chi connectivity index (χ1v) is 12.3.